The predicted octanol–water partition coefficient (Wildman–Crippen LogP) is 3.93. The quantitative estimate of drug-likeness (QED) is 0.548. The monoisotopic (exact) mass is 335 g/mol. The molecule has 0 fully saturated rings. The molecule has 126 valence electrons. The maximum Gasteiger partial charge on any atom is 0.262 e. The Hall–Kier alpha value is -3.21. The summed E-state index contributed by atoms with van der Waals surface area (Å²) in [6, 6.07) is 19.4. The van der Waals surface area contributed by atoms with Crippen molar-refractivity contribution in [1.29, 1.82) is 0 Å². The number of hydrazone groups is 1. The second kappa shape index (κ2) is 7.57. The average Bonchev–Trinajstić information content (AvgIpc) is 2.63. The Bertz CT molecular complexity index is 906. The highest BCUT2D eigenvalue weighted by atomic mass is 19.1. The van der Waals surface area contributed by atoms with Gasteiger partial charge in [0, 0.05) is 5.69 Å². The van der Waals surface area contributed by atoms with Crippen molar-refractivity contribution in [2.45, 2.75) is 13.0 Å². The molecule has 0 aliphatic rings. The number of amides is 1. The van der Waals surface area contributed by atoms with Crippen molar-refractivity contribution in [3.63, 3.8) is 0 Å². The van der Waals surface area contributed by atoms with E-state index in [9.17, 15) is 9.18 Å². The lowest BCUT2D eigenvalue weighted by Crippen LogP contribution is -2.34. The number of nitrogens with zero attached hydrogens (tertiary/aromatic N) is 1. The van der Waals surface area contributed by atoms with Crippen LogP contribution < -0.4 is 10.7 Å². The zero-order chi connectivity index (χ0) is 17.6. The highest BCUT2D eigenvalue weighted by molar-refractivity contribution is 5.89. The van der Waals surface area contributed by atoms with Crippen LogP contribution in [0.1, 0.15) is 12.5 Å². The number of rotatable bonds is 5. The fourth-order valence-corrected chi connectivity index (χ4v) is 2.41. The van der Waals surface area contributed by atoms with Crippen LogP contribution >= 0.6 is 0 Å². The number of benzene rings is 3. The average molecular weight is 335 g/mol. The molecule has 0 radical (unpaired) electrons. The van der Waals surface area contributed by atoms with E-state index in [1.165, 1.54) is 18.3 Å². The van der Waals surface area contributed by atoms with Crippen LogP contribution in [0, 0.1) is 5.82 Å². The molecule has 4 nitrogen and oxygen atoms in total. The highest BCUT2D eigenvalue weighted by Crippen LogP contribution is 2.19. The van der Waals surface area contributed by atoms with Gasteiger partial charge in [0.25, 0.3) is 5.91 Å². The van der Waals surface area contributed by atoms with Gasteiger partial charge in [-0.3, -0.25) is 4.79 Å². The molecule has 2 N–H and O–H groups in total. The molecule has 3 aromatic rings. The second-order valence-corrected chi connectivity index (χ2v) is 5.71. The normalized spacial score (nSPS) is 12.2. The predicted molar refractivity (Wildman–Crippen MR) is 99.2 cm³/mol. The summed E-state index contributed by atoms with van der Waals surface area (Å²) in [6.07, 6.45) is 1.47. The summed E-state index contributed by atoms with van der Waals surface area (Å²) in [4.78, 5) is 12.1. The third-order valence-electron chi connectivity index (χ3n) is 3.78. The van der Waals surface area contributed by atoms with E-state index < -0.39 is 6.04 Å². The van der Waals surface area contributed by atoms with Gasteiger partial charge in [-0.1, -0.05) is 42.5 Å². The van der Waals surface area contributed by atoms with Crippen LogP contribution in [-0.2, 0) is 4.79 Å². The van der Waals surface area contributed by atoms with Gasteiger partial charge in [-0.05, 0) is 47.5 Å². The third-order valence-corrected chi connectivity index (χ3v) is 3.78. The van der Waals surface area contributed by atoms with E-state index in [1.807, 2.05) is 42.5 Å². The molecule has 0 heterocycles. The van der Waals surface area contributed by atoms with Crippen molar-refractivity contribution in [3.8, 4) is 0 Å². The Kier molecular flexibility index (Phi) is 5.04. The van der Waals surface area contributed by atoms with Gasteiger partial charge in [-0.15, -0.1) is 0 Å². The summed E-state index contributed by atoms with van der Waals surface area (Å²) in [5.41, 5.74) is 4.05. The molecular formula is C20H18FN3O. The molecular weight excluding hydrogens is 317 g/mol. The van der Waals surface area contributed by atoms with Crippen molar-refractivity contribution < 1.29 is 9.18 Å². The summed E-state index contributed by atoms with van der Waals surface area (Å²) in [6.45, 7) is 1.76. The molecule has 0 saturated heterocycles. The number of halogens is 1. The maximum absolute atomic E-state index is 12.8. The Morgan fingerprint density at radius 3 is 2.52 bits per heavy atom. The standard InChI is InChI=1S/C20H18FN3O/c1-14(20(25)24-22-13-15-6-9-18(21)10-7-15)23-19-11-8-16-4-2-3-5-17(16)12-19/h2-14,23H,1H3,(H,24,25)/b22-13-/t14-/m1/s1. The number of anilines is 1. The summed E-state index contributed by atoms with van der Waals surface area (Å²) < 4.78 is 12.8. The number of hydrogen-bond donors (Lipinski definition) is 2. The molecule has 3 aromatic carbocycles. The van der Waals surface area contributed by atoms with Crippen molar-refractivity contribution in [2.75, 3.05) is 5.32 Å². The van der Waals surface area contributed by atoms with E-state index >= 15 is 0 Å². The van der Waals surface area contributed by atoms with Gasteiger partial charge in [0.05, 0.1) is 6.21 Å². The zero-order valence-electron chi connectivity index (χ0n) is 13.7. The Morgan fingerprint density at radius 1 is 1.04 bits per heavy atom. The molecule has 3 rings (SSSR count). The Morgan fingerprint density at radius 2 is 1.76 bits per heavy atom. The Labute approximate surface area is 145 Å². The fourth-order valence-electron chi connectivity index (χ4n) is 2.41. The highest BCUT2D eigenvalue weighted by Gasteiger charge is 2.11. The van der Waals surface area contributed by atoms with Crippen LogP contribution in [0.3, 0.4) is 0 Å². The number of carbonyl (C=O) groups is 1. The SMILES string of the molecule is C[C@@H](Nc1ccc2ccccc2c1)C(=O)N/N=C\c1ccc(F)cc1. The first-order valence-corrected chi connectivity index (χ1v) is 7.96. The summed E-state index contributed by atoms with van der Waals surface area (Å²) >= 11 is 0. The van der Waals surface area contributed by atoms with Gasteiger partial charge in [0.1, 0.15) is 11.9 Å². The van der Waals surface area contributed by atoms with Gasteiger partial charge in [-0.2, -0.15) is 5.10 Å². The smallest absolute Gasteiger partial charge is 0.262 e. The minimum atomic E-state index is -0.452. The molecule has 1 amide bonds. The lowest BCUT2D eigenvalue weighted by Gasteiger charge is -2.14. The van der Waals surface area contributed by atoms with Crippen LogP contribution in [0.2, 0.25) is 0 Å². The van der Waals surface area contributed by atoms with Crippen LogP contribution in [0.15, 0.2) is 71.8 Å². The van der Waals surface area contributed by atoms with Gasteiger partial charge >= 0.3 is 0 Å². The van der Waals surface area contributed by atoms with E-state index in [-0.39, 0.29) is 11.7 Å². The summed E-state index contributed by atoms with van der Waals surface area (Å²) in [7, 11) is 0. The summed E-state index contributed by atoms with van der Waals surface area (Å²) in [5.74, 6) is -0.569. The first-order valence-electron chi connectivity index (χ1n) is 7.96. The van der Waals surface area contributed by atoms with E-state index in [1.54, 1.807) is 19.1 Å². The number of hydrogen-bond acceptors (Lipinski definition) is 3. The van der Waals surface area contributed by atoms with Crippen LogP contribution in [0.25, 0.3) is 10.8 Å². The van der Waals surface area contributed by atoms with E-state index in [0.29, 0.717) is 5.56 Å². The Balaban J connectivity index is 1.58. The molecule has 0 aromatic heterocycles. The molecule has 0 unspecified atom stereocenters. The van der Waals surface area contributed by atoms with Crippen molar-refractivity contribution in [1.82, 2.24) is 5.43 Å². The minimum Gasteiger partial charge on any atom is -0.374 e. The molecule has 0 bridgehead atoms. The lowest BCUT2D eigenvalue weighted by atomic mass is 10.1. The molecule has 5 heteroatoms. The maximum atomic E-state index is 12.8. The van der Waals surface area contributed by atoms with E-state index in [2.05, 4.69) is 15.8 Å². The molecule has 0 saturated carbocycles. The first kappa shape index (κ1) is 16.6. The van der Waals surface area contributed by atoms with Gasteiger partial charge < -0.3 is 5.32 Å². The van der Waals surface area contributed by atoms with Crippen molar-refractivity contribution in [2.24, 2.45) is 5.10 Å². The number of fused-ring (bicyclic) bond motifs is 1. The number of carbonyl (C=O) groups excluding carboxylic acids is 1. The van der Waals surface area contributed by atoms with E-state index in [4.69, 9.17) is 0 Å². The van der Waals surface area contributed by atoms with Gasteiger partial charge in [0.15, 0.2) is 0 Å². The van der Waals surface area contributed by atoms with Crippen LogP contribution in [-0.4, -0.2) is 18.2 Å². The van der Waals surface area contributed by atoms with Crippen molar-refractivity contribution in [3.05, 3.63) is 78.1 Å². The zero-order valence-corrected chi connectivity index (χ0v) is 13.7. The molecule has 0 aliphatic carbocycles. The second-order valence-electron chi connectivity index (χ2n) is 5.71. The van der Waals surface area contributed by atoms with Gasteiger partial charge in [0.2, 0.25) is 0 Å². The fraction of sp³-hybridized carbons (Fsp3) is 0.100. The first-order chi connectivity index (χ1) is 12.1. The summed E-state index contributed by atoms with van der Waals surface area (Å²) in [5, 5.41) is 9.30. The molecule has 0 spiro atoms. The molecule has 0 aliphatic heterocycles. The third kappa shape index (κ3) is 4.41. The topological polar surface area (TPSA) is 53.5 Å². The van der Waals surface area contributed by atoms with E-state index in [0.717, 1.165) is 16.5 Å². The lowest BCUT2D eigenvalue weighted by molar-refractivity contribution is -0.121. The molecule has 25 heavy (non-hydrogen) atoms. The van der Waals surface area contributed by atoms with Gasteiger partial charge in [-0.25, -0.2) is 9.82 Å². The van der Waals surface area contributed by atoms with Crippen LogP contribution in [0.5, 0.6) is 0 Å². The number of nitrogens with one attached hydrogen (secondary N) is 2. The largest absolute Gasteiger partial charge is 0.374 e. The van der Waals surface area contributed by atoms with Crippen molar-refractivity contribution >= 4 is 28.6 Å². The van der Waals surface area contributed by atoms with Crippen LogP contribution in [0.4, 0.5) is 10.1 Å². The molecule has 1 atom stereocenters. The minimum absolute atomic E-state index is 0.258.